The van der Waals surface area contributed by atoms with Gasteiger partial charge in [0.05, 0.1) is 16.9 Å². The van der Waals surface area contributed by atoms with Crippen LogP contribution in [-0.2, 0) is 26.5 Å². The number of hydrogen-bond acceptors (Lipinski definition) is 3. The number of rotatable bonds is 6. The first-order chi connectivity index (χ1) is 25.1. The number of hydrogen-bond donors (Lipinski definition) is 0. The summed E-state index contributed by atoms with van der Waals surface area (Å²) in [6, 6.07) is 59.1. The smallest absolute Gasteiger partial charge is 0.0774 e. The molecule has 9 aromatic rings. The van der Waals surface area contributed by atoms with Gasteiger partial charge in [-0.15, -0.1) is 47.3 Å². The van der Waals surface area contributed by atoms with E-state index in [0.29, 0.717) is 11.1 Å². The maximum absolute atomic E-state index is 8.91. The second-order valence-corrected chi connectivity index (χ2v) is 12.3. The molecule has 0 saturated carbocycles. The average Bonchev–Trinajstić information content (AvgIpc) is 3.81. The fraction of sp³-hybridized carbons (Fsp3) is 0.0222. The van der Waals surface area contributed by atoms with Crippen LogP contribution in [0.1, 0.15) is 13.9 Å². The van der Waals surface area contributed by atoms with Gasteiger partial charge in [0, 0.05) is 34.7 Å². The third kappa shape index (κ3) is 7.12. The molecule has 9 rings (SSSR count). The third-order valence-electron chi connectivity index (χ3n) is 8.24. The van der Waals surface area contributed by atoms with Gasteiger partial charge < -0.3 is 9.55 Å². The van der Waals surface area contributed by atoms with Gasteiger partial charge in [0.1, 0.15) is 0 Å². The van der Waals surface area contributed by atoms with E-state index in [1.807, 2.05) is 115 Å². The minimum absolute atomic E-state index is 0. The first-order valence-corrected chi connectivity index (χ1v) is 16.9. The van der Waals surface area contributed by atoms with Crippen molar-refractivity contribution in [1.29, 1.82) is 0 Å². The molecular weight excluding hydrogens is 807 g/mol. The zero-order chi connectivity index (χ0) is 34.6. The van der Waals surface area contributed by atoms with Crippen molar-refractivity contribution in [2.75, 3.05) is 0 Å². The van der Waals surface area contributed by atoms with E-state index in [1.54, 1.807) is 6.20 Å². The fourth-order valence-corrected chi connectivity index (χ4v) is 6.69. The van der Waals surface area contributed by atoms with Crippen molar-refractivity contribution in [3.8, 4) is 39.5 Å². The molecule has 0 fully saturated rings. The molecule has 5 heteroatoms. The fourth-order valence-electron chi connectivity index (χ4n) is 5.87. The number of benzene rings is 6. The van der Waals surface area contributed by atoms with Gasteiger partial charge in [-0.05, 0) is 59.1 Å². The number of fused-ring (bicyclic) bond motifs is 2. The van der Waals surface area contributed by atoms with Crippen LogP contribution in [0.25, 0.3) is 60.6 Å². The summed E-state index contributed by atoms with van der Waals surface area (Å²) in [5.74, 6) is 0.798. The quantitative estimate of drug-likeness (QED) is 0.156. The summed E-state index contributed by atoms with van der Waals surface area (Å²) in [5.41, 5.74) is 9.41. The summed E-state index contributed by atoms with van der Waals surface area (Å²) in [6.45, 7) is 0. The molecule has 1 radical (unpaired) electrons. The molecule has 0 spiro atoms. The average molecular weight is 840 g/mol. The van der Waals surface area contributed by atoms with Crippen molar-refractivity contribution in [3.05, 3.63) is 199 Å². The molecule has 0 atom stereocenters. The van der Waals surface area contributed by atoms with Crippen LogP contribution < -0.4 is 0 Å². The van der Waals surface area contributed by atoms with Crippen molar-refractivity contribution in [2.45, 2.75) is 6.37 Å². The third-order valence-corrected chi connectivity index (χ3v) is 9.12. The Labute approximate surface area is 312 Å². The second kappa shape index (κ2) is 15.4. The van der Waals surface area contributed by atoms with Crippen LogP contribution in [0.4, 0.5) is 0 Å². The van der Waals surface area contributed by atoms with Crippen LogP contribution in [0.15, 0.2) is 176 Å². The Morgan fingerprint density at radius 1 is 0.660 bits per heavy atom. The minimum Gasteiger partial charge on any atom is -0.333 e. The Balaban J connectivity index is 0.000000275. The molecule has 0 aliphatic carbocycles. The van der Waals surface area contributed by atoms with Crippen molar-refractivity contribution < 1.29 is 22.8 Å². The number of aromatic nitrogens is 3. The molecule has 0 unspecified atom stereocenters. The molecule has 0 bridgehead atoms. The van der Waals surface area contributed by atoms with Gasteiger partial charge in [0.2, 0.25) is 0 Å². The summed E-state index contributed by atoms with van der Waals surface area (Å²) >= 11 is 1.54. The van der Waals surface area contributed by atoms with E-state index in [2.05, 4.69) is 75.6 Å². The van der Waals surface area contributed by atoms with E-state index in [9.17, 15) is 0 Å². The summed E-state index contributed by atoms with van der Waals surface area (Å²) in [7, 11) is 0. The predicted octanol–water partition coefficient (Wildman–Crippen LogP) is 11.5. The summed E-state index contributed by atoms with van der Waals surface area (Å²) in [5, 5.41) is 4.45. The van der Waals surface area contributed by atoms with E-state index in [-0.39, 0.29) is 20.1 Å². The van der Waals surface area contributed by atoms with Crippen molar-refractivity contribution >= 4 is 32.5 Å². The SMILES string of the molecule is [2H]C([2H])(c1ccccc1)c1ccc2s[c-]c(-c3nc4ccccc4n3-c3ccc(-c4ccccc4)cc3)c2c1.[Ir].[c-]1ccccc1-c1ccccn1. The number of imidazole rings is 1. The van der Waals surface area contributed by atoms with E-state index in [0.717, 1.165) is 55.0 Å². The van der Waals surface area contributed by atoms with Crippen molar-refractivity contribution in [3.63, 3.8) is 0 Å². The van der Waals surface area contributed by atoms with Crippen molar-refractivity contribution in [2.24, 2.45) is 0 Å². The van der Waals surface area contributed by atoms with Gasteiger partial charge in [-0.1, -0.05) is 130 Å². The molecule has 0 N–H and O–H groups in total. The van der Waals surface area contributed by atoms with Crippen LogP contribution in [0, 0.1) is 11.4 Å². The molecule has 6 aromatic carbocycles. The molecule has 3 aromatic heterocycles. The molecule has 243 valence electrons. The van der Waals surface area contributed by atoms with Crippen LogP contribution in [0.5, 0.6) is 0 Å². The molecule has 0 aliphatic heterocycles. The Hall–Kier alpha value is -5.45. The summed E-state index contributed by atoms with van der Waals surface area (Å²) in [4.78, 5) is 9.27. The van der Waals surface area contributed by atoms with Gasteiger partial charge >= 0.3 is 0 Å². The first-order valence-electron chi connectivity index (χ1n) is 17.1. The van der Waals surface area contributed by atoms with Crippen LogP contribution in [0.2, 0.25) is 0 Å². The molecule has 3 nitrogen and oxygen atoms in total. The second-order valence-electron chi connectivity index (χ2n) is 11.4. The Bertz CT molecular complexity index is 2500. The Kier molecular flexibility index (Phi) is 9.42. The van der Waals surface area contributed by atoms with E-state index in [4.69, 9.17) is 7.73 Å². The van der Waals surface area contributed by atoms with E-state index >= 15 is 0 Å². The molecule has 0 aliphatic rings. The normalized spacial score (nSPS) is 11.6. The summed E-state index contributed by atoms with van der Waals surface area (Å²) in [6.07, 6.45) is 0.165. The van der Waals surface area contributed by atoms with E-state index in [1.165, 1.54) is 16.9 Å². The topological polar surface area (TPSA) is 30.7 Å². The molecule has 3 heterocycles. The monoisotopic (exact) mass is 840 g/mol. The number of pyridine rings is 1. The zero-order valence-electron chi connectivity index (χ0n) is 28.8. The molecular formula is C45H31IrN3S-2. The van der Waals surface area contributed by atoms with Crippen LogP contribution in [-0.4, -0.2) is 14.5 Å². The maximum atomic E-state index is 8.91. The Morgan fingerprint density at radius 2 is 1.38 bits per heavy atom. The largest absolute Gasteiger partial charge is 0.333 e. The summed E-state index contributed by atoms with van der Waals surface area (Å²) < 4.78 is 21.0. The number of nitrogens with zero attached hydrogens (tertiary/aromatic N) is 3. The first kappa shape index (κ1) is 30.6. The predicted molar refractivity (Wildman–Crippen MR) is 204 cm³/mol. The maximum Gasteiger partial charge on any atom is 0.0774 e. The molecule has 0 saturated heterocycles. The number of thiophene rings is 1. The van der Waals surface area contributed by atoms with Gasteiger partial charge in [-0.3, -0.25) is 16.3 Å². The zero-order valence-corrected chi connectivity index (χ0v) is 30.0. The van der Waals surface area contributed by atoms with Gasteiger partial charge in [-0.25, -0.2) is 0 Å². The van der Waals surface area contributed by atoms with Gasteiger partial charge in [-0.2, -0.15) is 0 Å². The molecule has 50 heavy (non-hydrogen) atoms. The molecule has 0 amide bonds. The minimum atomic E-state index is -1.62. The van der Waals surface area contributed by atoms with Crippen molar-refractivity contribution in [1.82, 2.24) is 14.5 Å². The Morgan fingerprint density at radius 3 is 2.14 bits per heavy atom. The van der Waals surface area contributed by atoms with Crippen LogP contribution in [0.3, 0.4) is 0 Å². The standard InChI is InChI=1S/C34H23N2S.C11H8N.Ir/c1-3-9-24(10-4-1)21-25-15-20-33-29(22-25)30(23-37-33)34-35-31-13-7-8-14-32(31)36(34)28-18-16-27(17-19-28)26-11-5-2-6-12-26;1-2-6-10(7-3-1)11-8-4-5-9-12-11;/h1-20,22H,21H2;1-6,8-9H;/q2*-1;/i21D2;;. The van der Waals surface area contributed by atoms with Gasteiger partial charge in [0.25, 0.3) is 0 Å². The van der Waals surface area contributed by atoms with E-state index < -0.39 is 6.37 Å². The van der Waals surface area contributed by atoms with Gasteiger partial charge in [0.15, 0.2) is 0 Å². The van der Waals surface area contributed by atoms with Crippen LogP contribution >= 0.6 is 11.3 Å². The number of para-hydroxylation sites is 2.